The minimum absolute atomic E-state index is 0.0868. The van der Waals surface area contributed by atoms with Gasteiger partial charge in [0.15, 0.2) is 0 Å². The lowest BCUT2D eigenvalue weighted by Crippen LogP contribution is -2.48. The number of rotatable bonds is 8. The minimum atomic E-state index is -0.757. The Hall–Kier alpha value is -4.41. The number of nitro benzene ring substituents is 1. The van der Waals surface area contributed by atoms with E-state index in [9.17, 15) is 24.5 Å². The number of allylic oxidation sites excluding steroid dienone is 1. The average molecular weight is 482 g/mol. The number of esters is 1. The Morgan fingerprint density at radius 1 is 1.14 bits per heavy atom. The normalized spacial score (nSPS) is 15.3. The first-order chi connectivity index (χ1) is 16.7. The van der Waals surface area contributed by atoms with Crippen LogP contribution in [0.25, 0.3) is 0 Å². The van der Waals surface area contributed by atoms with Crippen molar-refractivity contribution < 1.29 is 24.0 Å². The summed E-state index contributed by atoms with van der Waals surface area (Å²) in [5, 5.41) is 18.9. The van der Waals surface area contributed by atoms with E-state index in [1.54, 1.807) is 31.2 Å². The average Bonchev–Trinajstić information content (AvgIpc) is 2.83. The highest BCUT2D eigenvalue weighted by Crippen LogP contribution is 2.32. The number of unbranched alkanes of at least 4 members (excludes halogenated alkanes) is 1. The molecule has 184 valence electrons. The van der Waals surface area contributed by atoms with Crippen LogP contribution in [0.15, 0.2) is 59.8 Å². The van der Waals surface area contributed by atoms with E-state index in [-0.39, 0.29) is 11.7 Å². The second-order valence-electron chi connectivity index (χ2n) is 7.89. The van der Waals surface area contributed by atoms with Crippen molar-refractivity contribution in [3.05, 3.63) is 75.5 Å². The standard InChI is InChI=1S/C24H27N5O6/c1-4-5-13-28-15(2)20(22(30)35-3)21(27-24(28)32)16-7-6-8-18(14-16)26-23(31)25-17-9-11-19(12-10-17)29(33)34/h6-12,14,21H,4-5,13H2,1-3H3,(H,27,32)(H2,25,26,31)/t21-/m1/s1. The molecule has 0 fully saturated rings. The third-order valence-corrected chi connectivity index (χ3v) is 5.55. The second kappa shape index (κ2) is 11.1. The molecule has 35 heavy (non-hydrogen) atoms. The van der Waals surface area contributed by atoms with Gasteiger partial charge >= 0.3 is 18.0 Å². The summed E-state index contributed by atoms with van der Waals surface area (Å²) >= 11 is 0. The summed E-state index contributed by atoms with van der Waals surface area (Å²) in [6, 6.07) is 10.5. The van der Waals surface area contributed by atoms with E-state index < -0.39 is 23.0 Å². The van der Waals surface area contributed by atoms with Crippen LogP contribution in [-0.4, -0.2) is 41.5 Å². The Morgan fingerprint density at radius 2 is 1.83 bits per heavy atom. The van der Waals surface area contributed by atoms with E-state index in [1.165, 1.54) is 36.3 Å². The van der Waals surface area contributed by atoms with E-state index >= 15 is 0 Å². The molecule has 2 aromatic rings. The van der Waals surface area contributed by atoms with E-state index in [2.05, 4.69) is 16.0 Å². The smallest absolute Gasteiger partial charge is 0.337 e. The minimum Gasteiger partial charge on any atom is -0.466 e. The van der Waals surface area contributed by atoms with Crippen LogP contribution in [0.4, 0.5) is 26.7 Å². The summed E-state index contributed by atoms with van der Waals surface area (Å²) in [7, 11) is 1.28. The summed E-state index contributed by atoms with van der Waals surface area (Å²) in [4.78, 5) is 49.6. The van der Waals surface area contributed by atoms with Crippen LogP contribution in [-0.2, 0) is 9.53 Å². The number of benzene rings is 2. The molecule has 0 aliphatic carbocycles. The number of hydrogen-bond acceptors (Lipinski definition) is 6. The fourth-order valence-electron chi connectivity index (χ4n) is 3.75. The van der Waals surface area contributed by atoms with Gasteiger partial charge in [-0.25, -0.2) is 14.4 Å². The molecule has 2 aromatic carbocycles. The molecule has 1 aliphatic heterocycles. The molecular formula is C24H27N5O6. The van der Waals surface area contributed by atoms with Gasteiger partial charge in [-0.15, -0.1) is 0 Å². The van der Waals surface area contributed by atoms with Crippen LogP contribution in [0.2, 0.25) is 0 Å². The Kier molecular flexibility index (Phi) is 8.03. The molecule has 11 heteroatoms. The lowest BCUT2D eigenvalue weighted by atomic mass is 9.94. The molecule has 0 unspecified atom stereocenters. The van der Waals surface area contributed by atoms with E-state index in [0.29, 0.717) is 34.8 Å². The summed E-state index contributed by atoms with van der Waals surface area (Å²) in [5.41, 5.74) is 2.13. The van der Waals surface area contributed by atoms with E-state index in [4.69, 9.17) is 4.74 Å². The molecule has 0 saturated heterocycles. The number of anilines is 2. The molecule has 1 atom stereocenters. The van der Waals surface area contributed by atoms with Crippen molar-refractivity contribution in [2.24, 2.45) is 0 Å². The van der Waals surface area contributed by atoms with Gasteiger partial charge in [-0.3, -0.25) is 15.0 Å². The topological polar surface area (TPSA) is 143 Å². The van der Waals surface area contributed by atoms with E-state index in [0.717, 1.165) is 12.8 Å². The molecule has 1 heterocycles. The first kappa shape index (κ1) is 25.2. The highest BCUT2D eigenvalue weighted by molar-refractivity contribution is 6.00. The van der Waals surface area contributed by atoms with Gasteiger partial charge in [-0.2, -0.15) is 0 Å². The van der Waals surface area contributed by atoms with Crippen molar-refractivity contribution in [1.29, 1.82) is 0 Å². The quantitative estimate of drug-likeness (QED) is 0.287. The number of amides is 4. The number of nitrogens with one attached hydrogen (secondary N) is 3. The van der Waals surface area contributed by atoms with Gasteiger partial charge in [0.25, 0.3) is 5.69 Å². The van der Waals surface area contributed by atoms with Gasteiger partial charge < -0.3 is 20.7 Å². The van der Waals surface area contributed by atoms with Crippen LogP contribution in [0.1, 0.15) is 38.3 Å². The maximum Gasteiger partial charge on any atom is 0.337 e. The van der Waals surface area contributed by atoms with Gasteiger partial charge in [0, 0.05) is 35.7 Å². The van der Waals surface area contributed by atoms with Crippen molar-refractivity contribution in [3.8, 4) is 0 Å². The zero-order valence-corrected chi connectivity index (χ0v) is 19.7. The van der Waals surface area contributed by atoms with Crippen molar-refractivity contribution in [3.63, 3.8) is 0 Å². The Balaban J connectivity index is 1.81. The number of nitrogens with zero attached hydrogens (tertiary/aromatic N) is 2. The molecule has 4 amide bonds. The fraction of sp³-hybridized carbons (Fsp3) is 0.292. The third-order valence-electron chi connectivity index (χ3n) is 5.55. The molecule has 0 spiro atoms. The number of carbonyl (C=O) groups is 3. The van der Waals surface area contributed by atoms with Gasteiger partial charge in [0.05, 0.1) is 23.6 Å². The van der Waals surface area contributed by atoms with Gasteiger partial charge in [0.1, 0.15) is 0 Å². The molecule has 3 rings (SSSR count). The SMILES string of the molecule is CCCCN1C(=O)N[C@H](c2cccc(NC(=O)Nc3ccc([N+](=O)[O-])cc3)c2)C(C(=O)OC)=C1C. The summed E-state index contributed by atoms with van der Waals surface area (Å²) < 4.78 is 4.99. The first-order valence-electron chi connectivity index (χ1n) is 11.0. The van der Waals surface area contributed by atoms with Gasteiger partial charge in [0.2, 0.25) is 0 Å². The largest absolute Gasteiger partial charge is 0.466 e. The summed E-state index contributed by atoms with van der Waals surface area (Å²) in [6.07, 6.45) is 1.68. The number of methoxy groups -OCH3 is 1. The molecule has 1 aliphatic rings. The summed E-state index contributed by atoms with van der Waals surface area (Å²) in [6.45, 7) is 4.21. The van der Waals surface area contributed by atoms with Crippen molar-refractivity contribution >= 4 is 35.1 Å². The highest BCUT2D eigenvalue weighted by atomic mass is 16.6. The van der Waals surface area contributed by atoms with Crippen LogP contribution in [0.5, 0.6) is 0 Å². The summed E-state index contributed by atoms with van der Waals surface area (Å²) in [5.74, 6) is -0.553. The zero-order valence-electron chi connectivity index (χ0n) is 19.7. The lowest BCUT2D eigenvalue weighted by molar-refractivity contribution is -0.384. The number of hydrogen-bond donors (Lipinski definition) is 3. The van der Waals surface area contributed by atoms with Gasteiger partial charge in [-0.05, 0) is 43.2 Å². The van der Waals surface area contributed by atoms with Crippen LogP contribution in [0, 0.1) is 10.1 Å². The molecule has 0 bridgehead atoms. The predicted molar refractivity (Wildman–Crippen MR) is 130 cm³/mol. The number of non-ortho nitro benzene ring substituents is 1. The Labute approximate surface area is 202 Å². The van der Waals surface area contributed by atoms with Crippen molar-refractivity contribution in [2.45, 2.75) is 32.7 Å². The number of carbonyl (C=O) groups excluding carboxylic acids is 3. The van der Waals surface area contributed by atoms with Crippen LogP contribution in [0.3, 0.4) is 0 Å². The molecular weight excluding hydrogens is 454 g/mol. The van der Waals surface area contributed by atoms with E-state index in [1.807, 2.05) is 6.92 Å². The Bertz CT molecular complexity index is 1160. The van der Waals surface area contributed by atoms with Crippen molar-refractivity contribution in [1.82, 2.24) is 10.2 Å². The number of ether oxygens (including phenoxy) is 1. The molecule has 0 radical (unpaired) electrons. The fourth-order valence-corrected chi connectivity index (χ4v) is 3.75. The lowest BCUT2D eigenvalue weighted by Gasteiger charge is -2.35. The highest BCUT2D eigenvalue weighted by Gasteiger charge is 2.36. The first-order valence-corrected chi connectivity index (χ1v) is 11.0. The van der Waals surface area contributed by atoms with Crippen molar-refractivity contribution in [2.75, 3.05) is 24.3 Å². The second-order valence-corrected chi connectivity index (χ2v) is 7.89. The molecule has 0 aromatic heterocycles. The maximum absolute atomic E-state index is 12.8. The molecule has 11 nitrogen and oxygen atoms in total. The number of urea groups is 2. The van der Waals surface area contributed by atoms with Gasteiger partial charge in [-0.1, -0.05) is 25.5 Å². The Morgan fingerprint density at radius 3 is 2.46 bits per heavy atom. The third kappa shape index (κ3) is 5.94. The zero-order chi connectivity index (χ0) is 25.5. The predicted octanol–water partition coefficient (Wildman–Crippen LogP) is 4.55. The van der Waals surface area contributed by atoms with Crippen LogP contribution >= 0.6 is 0 Å². The molecule has 0 saturated carbocycles. The maximum atomic E-state index is 12.8. The van der Waals surface area contributed by atoms with Crippen LogP contribution < -0.4 is 16.0 Å². The number of nitro groups is 1. The monoisotopic (exact) mass is 481 g/mol. The molecule has 3 N–H and O–H groups in total.